The molecule has 0 saturated carbocycles. The van der Waals surface area contributed by atoms with Crippen molar-refractivity contribution < 1.29 is 33.7 Å². The average Bonchev–Trinajstić information content (AvgIpc) is 3.04. The van der Waals surface area contributed by atoms with Crippen LogP contribution in [0.15, 0.2) is 30.4 Å². The minimum Gasteiger partial charge on any atom is -0.465 e. The number of amides is 2. The number of likely N-dealkylation sites (N-methyl/N-ethyl adjacent to an activating group) is 1. The maximum atomic E-state index is 14.0. The molecule has 6 N–H and O–H groups in total. The molecule has 1 aromatic rings. The molecule has 3 aliphatic heterocycles. The number of aliphatic hydroxyl groups is 1. The van der Waals surface area contributed by atoms with Crippen LogP contribution in [0.4, 0.5) is 20.6 Å². The summed E-state index contributed by atoms with van der Waals surface area (Å²) in [5, 5.41) is 19.7. The summed E-state index contributed by atoms with van der Waals surface area (Å²) >= 11 is 0. The maximum Gasteiger partial charge on any atom is 0.407 e. The molecule has 13 heteroatoms. The van der Waals surface area contributed by atoms with Crippen molar-refractivity contribution in [2.45, 2.75) is 78.4 Å². The van der Waals surface area contributed by atoms with E-state index in [4.69, 9.17) is 21.4 Å². The molecule has 0 radical (unpaired) electrons. The van der Waals surface area contributed by atoms with E-state index < -0.39 is 18.0 Å². The zero-order chi connectivity index (χ0) is 35.8. The van der Waals surface area contributed by atoms with Gasteiger partial charge in [0.2, 0.25) is 5.91 Å². The second-order valence-electron chi connectivity index (χ2n) is 13.0. The monoisotopic (exact) mass is 676 g/mol. The van der Waals surface area contributed by atoms with Crippen LogP contribution in [0.5, 0.6) is 0 Å². The highest BCUT2D eigenvalue weighted by atomic mass is 19.1. The van der Waals surface area contributed by atoms with E-state index in [0.29, 0.717) is 50.8 Å². The number of esters is 1. The third kappa shape index (κ3) is 14.2. The van der Waals surface area contributed by atoms with E-state index >= 15 is 0 Å². The SMILES string of the molecule is C/C=C\c1cc(F)c(N)c(N(N)C2CCN(C(C)=O)CC2)c1.CC1/C=C/CC(C)CCC(O)CC(=O)OC1.CN1CCN(C(=O)O)CC1. The summed E-state index contributed by atoms with van der Waals surface area (Å²) in [4.78, 5) is 38.4. The number of carbonyl (C=O) groups excluding carboxylic acids is 2. The van der Waals surface area contributed by atoms with Crippen LogP contribution in [-0.2, 0) is 14.3 Å². The fourth-order valence-corrected chi connectivity index (χ4v) is 5.55. The minimum atomic E-state index is -0.798. The number of halogens is 1. The Kier molecular flexibility index (Phi) is 17.4. The number of aliphatic hydroxyl groups excluding tert-OH is 1. The van der Waals surface area contributed by atoms with Crippen molar-refractivity contribution in [3.63, 3.8) is 0 Å². The minimum absolute atomic E-state index is 0.0400. The molecule has 48 heavy (non-hydrogen) atoms. The van der Waals surface area contributed by atoms with Crippen LogP contribution in [-0.4, -0.2) is 108 Å². The van der Waals surface area contributed by atoms with Crippen LogP contribution < -0.4 is 16.6 Å². The predicted octanol–water partition coefficient (Wildman–Crippen LogP) is 4.34. The molecule has 4 rings (SSSR count). The number of benzene rings is 1. The lowest BCUT2D eigenvalue weighted by molar-refractivity contribution is -0.146. The lowest BCUT2D eigenvalue weighted by Gasteiger charge is -2.37. The molecule has 1 aromatic carbocycles. The average molecular weight is 677 g/mol. The zero-order valence-corrected chi connectivity index (χ0v) is 29.3. The van der Waals surface area contributed by atoms with Crippen molar-refractivity contribution in [1.29, 1.82) is 0 Å². The lowest BCUT2D eigenvalue weighted by atomic mass is 9.97. The number of likely N-dealkylation sites (tertiary alicyclic amines) is 1. The number of hydrogen-bond donors (Lipinski definition) is 4. The van der Waals surface area contributed by atoms with Gasteiger partial charge in [-0.25, -0.2) is 15.0 Å². The normalized spacial score (nSPS) is 23.8. The standard InChI is InChI=1S/C16H23FN4O.C13H22O3.C6H12N2O2/c1-3-4-12-9-14(17)16(18)15(10-12)21(19)13-5-7-20(8-6-13)11(2)22;1-10-4-3-5-11(2)9-16-13(15)8-12(14)7-6-10;1-7-2-4-8(5-3-7)6(9)10/h3-4,9-10,13H,5-8,18-19H2,1-2H3;3,5,10-12,14H,4,6-9H2,1-2H3;2-5H2,1H3,(H,9,10)/b4-3-;5-3+;. The largest absolute Gasteiger partial charge is 0.465 e. The number of cyclic esters (lactones) is 1. The van der Waals surface area contributed by atoms with Gasteiger partial charge in [0.1, 0.15) is 5.82 Å². The molecule has 3 heterocycles. The fraction of sp³-hybridized carbons (Fsp3) is 0.629. The second-order valence-corrected chi connectivity index (χ2v) is 13.0. The van der Waals surface area contributed by atoms with Gasteiger partial charge in [0, 0.05) is 58.2 Å². The topological polar surface area (TPSA) is 166 Å². The maximum absolute atomic E-state index is 14.0. The van der Waals surface area contributed by atoms with Gasteiger partial charge in [0.15, 0.2) is 0 Å². The zero-order valence-electron chi connectivity index (χ0n) is 29.3. The Hall–Kier alpha value is -3.68. The summed E-state index contributed by atoms with van der Waals surface area (Å²) in [6, 6.07) is 3.22. The van der Waals surface area contributed by atoms with Crippen molar-refractivity contribution in [3.05, 3.63) is 41.7 Å². The Balaban J connectivity index is 0.000000269. The Morgan fingerprint density at radius 1 is 1.04 bits per heavy atom. The molecule has 2 amide bonds. The first-order valence-electron chi connectivity index (χ1n) is 16.9. The number of hydrazine groups is 1. The number of nitrogen functional groups attached to an aromatic ring is 1. The number of hydrogen-bond acceptors (Lipinski definition) is 9. The van der Waals surface area contributed by atoms with Gasteiger partial charge in [-0.3, -0.25) is 9.59 Å². The molecule has 0 aromatic heterocycles. The van der Waals surface area contributed by atoms with Crippen LogP contribution in [0, 0.1) is 17.7 Å². The smallest absolute Gasteiger partial charge is 0.407 e. The van der Waals surface area contributed by atoms with Crippen molar-refractivity contribution in [3.8, 4) is 0 Å². The van der Waals surface area contributed by atoms with Gasteiger partial charge in [-0.2, -0.15) is 0 Å². The highest BCUT2D eigenvalue weighted by molar-refractivity contribution is 5.74. The number of allylic oxidation sites excluding steroid dienone is 2. The highest BCUT2D eigenvalue weighted by Crippen LogP contribution is 2.30. The number of carbonyl (C=O) groups is 3. The molecule has 0 spiro atoms. The Labute approximate surface area is 285 Å². The Morgan fingerprint density at radius 3 is 2.27 bits per heavy atom. The van der Waals surface area contributed by atoms with Crippen LogP contribution in [0.1, 0.15) is 71.8 Å². The van der Waals surface area contributed by atoms with Crippen LogP contribution in [0.2, 0.25) is 0 Å². The van der Waals surface area contributed by atoms with E-state index in [0.717, 1.165) is 44.3 Å². The summed E-state index contributed by atoms with van der Waals surface area (Å²) < 4.78 is 19.0. The number of nitrogens with zero attached hydrogens (tertiary/aromatic N) is 4. The van der Waals surface area contributed by atoms with Crippen LogP contribution in [0.25, 0.3) is 6.08 Å². The summed E-state index contributed by atoms with van der Waals surface area (Å²) in [5.41, 5.74) is 7.12. The third-order valence-electron chi connectivity index (χ3n) is 8.75. The Morgan fingerprint density at radius 2 is 1.69 bits per heavy atom. The number of piperazine rings is 1. The molecule has 3 atom stereocenters. The van der Waals surface area contributed by atoms with Crippen molar-refractivity contribution >= 4 is 35.4 Å². The van der Waals surface area contributed by atoms with E-state index in [-0.39, 0.29) is 35.9 Å². The number of anilines is 2. The van der Waals surface area contributed by atoms with Gasteiger partial charge in [-0.05, 0) is 69.7 Å². The predicted molar refractivity (Wildman–Crippen MR) is 187 cm³/mol. The summed E-state index contributed by atoms with van der Waals surface area (Å²) in [6.07, 6.45) is 10.8. The summed E-state index contributed by atoms with van der Waals surface area (Å²) in [5.74, 6) is 6.32. The molecule has 0 aliphatic carbocycles. The van der Waals surface area contributed by atoms with Gasteiger partial charge in [0.25, 0.3) is 0 Å². The van der Waals surface area contributed by atoms with E-state index in [2.05, 4.69) is 24.0 Å². The molecule has 3 aliphatic rings. The lowest BCUT2D eigenvalue weighted by Crippen LogP contribution is -2.49. The van der Waals surface area contributed by atoms with E-state index in [1.807, 2.05) is 27.0 Å². The number of nitrogens with two attached hydrogens (primary N) is 2. The molecule has 270 valence electrons. The highest BCUT2D eigenvalue weighted by Gasteiger charge is 2.26. The first-order valence-corrected chi connectivity index (χ1v) is 16.9. The van der Waals surface area contributed by atoms with Crippen LogP contribution in [0.3, 0.4) is 0 Å². The van der Waals surface area contributed by atoms with Gasteiger partial charge in [-0.15, -0.1) is 0 Å². The summed E-state index contributed by atoms with van der Waals surface area (Å²) in [7, 11) is 2.00. The van der Waals surface area contributed by atoms with Crippen molar-refractivity contribution in [2.75, 3.05) is 63.7 Å². The molecule has 3 unspecified atom stereocenters. The first kappa shape index (κ1) is 40.5. The van der Waals surface area contributed by atoms with E-state index in [1.165, 1.54) is 11.0 Å². The quantitative estimate of drug-likeness (QED) is 0.119. The molecule has 12 nitrogen and oxygen atoms in total. The molecule has 2 saturated heterocycles. The van der Waals surface area contributed by atoms with Gasteiger partial charge in [-0.1, -0.05) is 38.2 Å². The van der Waals surface area contributed by atoms with Crippen LogP contribution >= 0.6 is 0 Å². The van der Waals surface area contributed by atoms with E-state index in [1.54, 1.807) is 29.0 Å². The number of piperidine rings is 1. The third-order valence-corrected chi connectivity index (χ3v) is 8.75. The summed E-state index contributed by atoms with van der Waals surface area (Å²) in [6.45, 7) is 12.4. The van der Waals surface area contributed by atoms with Crippen molar-refractivity contribution in [1.82, 2.24) is 14.7 Å². The first-order chi connectivity index (χ1) is 22.7. The number of carboxylic acid groups (broad SMARTS) is 1. The second kappa shape index (κ2) is 20.6. The van der Waals surface area contributed by atoms with Crippen molar-refractivity contribution in [2.24, 2.45) is 17.7 Å². The number of rotatable bonds is 3. The molecule has 2 fully saturated rings. The number of ether oxygens (including phenoxy) is 1. The fourth-order valence-electron chi connectivity index (χ4n) is 5.55. The molecular weight excluding hydrogens is 619 g/mol. The molecule has 0 bridgehead atoms. The van der Waals surface area contributed by atoms with Gasteiger partial charge >= 0.3 is 12.1 Å². The van der Waals surface area contributed by atoms with Gasteiger partial charge in [0.05, 0.1) is 30.5 Å². The van der Waals surface area contributed by atoms with E-state index in [9.17, 15) is 23.9 Å². The van der Waals surface area contributed by atoms with Gasteiger partial charge < -0.3 is 40.4 Å². The Bertz CT molecular complexity index is 1230. The molecular formula is C35H57FN6O6.